The van der Waals surface area contributed by atoms with Crippen LogP contribution in [0.1, 0.15) is 72.6 Å². The number of alkyl carbamates (subject to hydrolysis) is 1. The summed E-state index contributed by atoms with van der Waals surface area (Å²) < 4.78 is 22.8. The molecule has 5 rings (SSSR count). The summed E-state index contributed by atoms with van der Waals surface area (Å²) in [6.45, 7) is 7.50. The quantitative estimate of drug-likeness (QED) is 0.314. The van der Waals surface area contributed by atoms with Crippen molar-refractivity contribution in [1.29, 1.82) is 0 Å². The van der Waals surface area contributed by atoms with Crippen LogP contribution >= 0.6 is 11.6 Å². The number of amides is 3. The van der Waals surface area contributed by atoms with Gasteiger partial charge in [0.05, 0.1) is 30.8 Å². The van der Waals surface area contributed by atoms with Crippen LogP contribution in [0.2, 0.25) is 5.02 Å². The molecule has 0 unspecified atom stereocenters. The maximum absolute atomic E-state index is 14.3. The molecule has 1 saturated heterocycles. The SMILES string of the molecule is CCOc1cc(O[C@@H]2C[C@H]3C(=O)N[C@]4(C(=O)OC)C[C@H]4/C=C\CCCCC[C@H](NC(=O)OC(C)(C)C)C(=O)N3C2)c2cccc(Cl)c2n1. The van der Waals surface area contributed by atoms with E-state index < -0.39 is 53.2 Å². The van der Waals surface area contributed by atoms with E-state index in [1.54, 1.807) is 39.0 Å². The molecule has 2 N–H and O–H groups in total. The average molecular weight is 685 g/mol. The van der Waals surface area contributed by atoms with Crippen molar-refractivity contribution in [3.8, 4) is 11.6 Å². The second-order valence-electron chi connectivity index (χ2n) is 13.5. The number of fused-ring (bicyclic) bond motifs is 3. The van der Waals surface area contributed by atoms with Gasteiger partial charge < -0.3 is 34.5 Å². The molecule has 0 spiro atoms. The number of halogens is 1. The van der Waals surface area contributed by atoms with Gasteiger partial charge in [0, 0.05) is 23.8 Å². The van der Waals surface area contributed by atoms with Gasteiger partial charge in [0.1, 0.15) is 35.1 Å². The van der Waals surface area contributed by atoms with Gasteiger partial charge in [0.15, 0.2) is 0 Å². The van der Waals surface area contributed by atoms with Crippen molar-refractivity contribution in [2.45, 2.75) is 102 Å². The van der Waals surface area contributed by atoms with Crippen molar-refractivity contribution < 1.29 is 38.1 Å². The summed E-state index contributed by atoms with van der Waals surface area (Å²) in [6.07, 6.45) is 6.66. The minimum Gasteiger partial charge on any atom is -0.488 e. The third-order valence-corrected chi connectivity index (χ3v) is 9.10. The summed E-state index contributed by atoms with van der Waals surface area (Å²) in [5, 5.41) is 6.77. The minimum atomic E-state index is -1.21. The first-order valence-electron chi connectivity index (χ1n) is 16.6. The van der Waals surface area contributed by atoms with Crippen LogP contribution in [0, 0.1) is 5.92 Å². The normalized spacial score (nSPS) is 27.0. The number of allylic oxidation sites excluding steroid dienone is 1. The number of nitrogens with one attached hydrogen (secondary N) is 2. The lowest BCUT2D eigenvalue weighted by atomic mass is 10.0. The van der Waals surface area contributed by atoms with E-state index in [1.807, 2.05) is 25.1 Å². The molecule has 1 aliphatic carbocycles. The number of carbonyl (C=O) groups excluding carboxylic acids is 4. The highest BCUT2D eigenvalue weighted by Gasteiger charge is 2.62. The number of aromatic nitrogens is 1. The summed E-state index contributed by atoms with van der Waals surface area (Å²) in [6, 6.07) is 5.07. The third-order valence-electron chi connectivity index (χ3n) is 8.79. The van der Waals surface area contributed by atoms with Gasteiger partial charge >= 0.3 is 12.1 Å². The van der Waals surface area contributed by atoms with Crippen LogP contribution in [-0.2, 0) is 23.9 Å². The number of carbonyl (C=O) groups is 4. The number of hydrogen-bond donors (Lipinski definition) is 2. The Labute approximate surface area is 285 Å². The fourth-order valence-corrected chi connectivity index (χ4v) is 6.64. The number of rotatable bonds is 6. The Hall–Kier alpha value is -4.06. The molecule has 3 amide bonds. The monoisotopic (exact) mass is 684 g/mol. The van der Waals surface area contributed by atoms with Crippen molar-refractivity contribution in [1.82, 2.24) is 20.5 Å². The standard InChI is InChI=1S/C35H45ClN4O8/c1-6-46-28-18-27(23-14-12-15-24(36)29(23)38-28)47-22-17-26-30(41)39-35(32(43)45-5)19-21(35)13-10-8-7-9-11-16-25(31(42)40(26)20-22)37-33(44)48-34(2,3)4/h10,12-15,18,21-22,25-26H,6-9,11,16-17,19-20H2,1-5H3,(H,37,44)(H,39,41)/b13-10-/t21-,22-,25+,26+,35-/m1/s1. The predicted octanol–water partition coefficient (Wildman–Crippen LogP) is 5.10. The van der Waals surface area contributed by atoms with Gasteiger partial charge in [-0.1, -0.05) is 42.7 Å². The first kappa shape index (κ1) is 35.3. The van der Waals surface area contributed by atoms with Crippen LogP contribution in [0.3, 0.4) is 0 Å². The molecule has 2 aliphatic heterocycles. The van der Waals surface area contributed by atoms with Gasteiger partial charge in [0.25, 0.3) is 0 Å². The number of benzene rings is 1. The molecular weight excluding hydrogens is 640 g/mol. The summed E-state index contributed by atoms with van der Waals surface area (Å²) in [7, 11) is 1.29. The Kier molecular flexibility index (Phi) is 10.7. The molecule has 1 aromatic heterocycles. The zero-order chi connectivity index (χ0) is 34.6. The van der Waals surface area contributed by atoms with Crippen LogP contribution in [0.15, 0.2) is 36.4 Å². The Morgan fingerprint density at radius 3 is 2.71 bits per heavy atom. The van der Waals surface area contributed by atoms with Crippen LogP contribution in [-0.4, -0.2) is 83.3 Å². The summed E-state index contributed by atoms with van der Waals surface area (Å²) >= 11 is 6.48. The molecule has 1 saturated carbocycles. The number of ether oxygens (including phenoxy) is 4. The van der Waals surface area contributed by atoms with Gasteiger partial charge in [-0.2, -0.15) is 0 Å². The topological polar surface area (TPSA) is 145 Å². The van der Waals surface area contributed by atoms with Crippen molar-refractivity contribution in [2.75, 3.05) is 20.3 Å². The molecule has 3 aliphatic rings. The van der Waals surface area contributed by atoms with Crippen molar-refractivity contribution in [3.63, 3.8) is 0 Å². The Morgan fingerprint density at radius 1 is 1.19 bits per heavy atom. The zero-order valence-electron chi connectivity index (χ0n) is 28.2. The van der Waals surface area contributed by atoms with Crippen LogP contribution in [0.5, 0.6) is 11.6 Å². The predicted molar refractivity (Wildman–Crippen MR) is 179 cm³/mol. The van der Waals surface area contributed by atoms with Crippen LogP contribution in [0.25, 0.3) is 10.9 Å². The van der Waals surface area contributed by atoms with Crippen LogP contribution in [0.4, 0.5) is 4.79 Å². The van der Waals surface area contributed by atoms with E-state index in [0.717, 1.165) is 19.3 Å². The highest BCUT2D eigenvalue weighted by atomic mass is 35.5. The smallest absolute Gasteiger partial charge is 0.408 e. The molecule has 0 radical (unpaired) electrons. The van der Waals surface area contributed by atoms with Gasteiger partial charge in [-0.15, -0.1) is 0 Å². The molecule has 13 heteroatoms. The van der Waals surface area contributed by atoms with Crippen LogP contribution < -0.4 is 20.1 Å². The number of esters is 1. The van der Waals surface area contributed by atoms with E-state index in [-0.39, 0.29) is 18.9 Å². The second-order valence-corrected chi connectivity index (χ2v) is 13.9. The van der Waals surface area contributed by atoms with E-state index in [1.165, 1.54) is 12.0 Å². The Morgan fingerprint density at radius 2 is 1.98 bits per heavy atom. The first-order chi connectivity index (χ1) is 22.8. The van der Waals surface area contributed by atoms with E-state index in [2.05, 4.69) is 15.6 Å². The number of hydrogen-bond acceptors (Lipinski definition) is 9. The summed E-state index contributed by atoms with van der Waals surface area (Å²) in [5.74, 6) is -0.927. The second kappa shape index (κ2) is 14.6. The average Bonchev–Trinajstić information content (AvgIpc) is 3.55. The fourth-order valence-electron chi connectivity index (χ4n) is 6.42. The molecule has 260 valence electrons. The lowest BCUT2D eigenvalue weighted by Gasteiger charge is -2.30. The lowest BCUT2D eigenvalue weighted by molar-refractivity contribution is -0.148. The largest absolute Gasteiger partial charge is 0.488 e. The van der Waals surface area contributed by atoms with Crippen molar-refractivity contribution in [2.24, 2.45) is 5.92 Å². The molecule has 3 heterocycles. The Balaban J connectivity index is 1.48. The van der Waals surface area contributed by atoms with E-state index in [0.29, 0.717) is 53.4 Å². The van der Waals surface area contributed by atoms with E-state index in [9.17, 15) is 19.2 Å². The highest BCUT2D eigenvalue weighted by molar-refractivity contribution is 6.35. The van der Waals surface area contributed by atoms with Gasteiger partial charge in [-0.3, -0.25) is 9.59 Å². The molecule has 5 atom stereocenters. The molecule has 2 aromatic rings. The van der Waals surface area contributed by atoms with Gasteiger partial charge in [0.2, 0.25) is 17.7 Å². The summed E-state index contributed by atoms with van der Waals surface area (Å²) in [5.41, 5.74) is -1.49. The number of nitrogens with zero attached hydrogens (tertiary/aromatic N) is 2. The zero-order valence-corrected chi connectivity index (χ0v) is 28.9. The third kappa shape index (κ3) is 7.97. The summed E-state index contributed by atoms with van der Waals surface area (Å²) in [4.78, 5) is 60.3. The number of methoxy groups -OCH3 is 1. The highest BCUT2D eigenvalue weighted by Crippen LogP contribution is 2.46. The minimum absolute atomic E-state index is 0.0479. The fraction of sp³-hybridized carbons (Fsp3) is 0.571. The molecular formula is C35H45ClN4O8. The molecule has 12 nitrogen and oxygen atoms in total. The van der Waals surface area contributed by atoms with Crippen molar-refractivity contribution >= 4 is 46.4 Å². The van der Waals surface area contributed by atoms with Gasteiger partial charge in [-0.05, 0) is 65.5 Å². The molecule has 0 bridgehead atoms. The maximum Gasteiger partial charge on any atom is 0.408 e. The number of para-hydroxylation sites is 1. The molecule has 2 fully saturated rings. The molecule has 48 heavy (non-hydrogen) atoms. The lowest BCUT2D eigenvalue weighted by Crippen LogP contribution is -2.56. The number of pyridine rings is 1. The van der Waals surface area contributed by atoms with E-state index in [4.69, 9.17) is 30.5 Å². The van der Waals surface area contributed by atoms with Gasteiger partial charge in [-0.25, -0.2) is 14.6 Å². The van der Waals surface area contributed by atoms with Crippen molar-refractivity contribution in [3.05, 3.63) is 41.4 Å². The van der Waals surface area contributed by atoms with E-state index >= 15 is 0 Å². The first-order valence-corrected chi connectivity index (χ1v) is 17.0. The molecule has 1 aromatic carbocycles. The maximum atomic E-state index is 14.3. The Bertz CT molecular complexity index is 1580.